The van der Waals surface area contributed by atoms with E-state index in [0.29, 0.717) is 37.5 Å². The van der Waals surface area contributed by atoms with Gasteiger partial charge in [-0.3, -0.25) is 4.99 Å². The molecule has 1 aromatic carbocycles. The lowest BCUT2D eigenvalue weighted by Crippen LogP contribution is -2.48. The Morgan fingerprint density at radius 3 is 2.31 bits per heavy atom. The van der Waals surface area contributed by atoms with Crippen molar-refractivity contribution in [3.05, 3.63) is 24.0 Å². The van der Waals surface area contributed by atoms with Crippen molar-refractivity contribution in [2.24, 2.45) is 4.99 Å². The summed E-state index contributed by atoms with van der Waals surface area (Å²) in [4.78, 5) is 6.96. The summed E-state index contributed by atoms with van der Waals surface area (Å²) in [5, 5.41) is 1.29. The molecule has 11 heteroatoms. The van der Waals surface area contributed by atoms with Crippen LogP contribution >= 0.6 is 11.8 Å². The van der Waals surface area contributed by atoms with Crippen LogP contribution in [-0.4, -0.2) is 62.0 Å². The topological polar surface area (TPSA) is 53.0 Å². The molecule has 0 spiro atoms. The summed E-state index contributed by atoms with van der Waals surface area (Å²) in [5.41, 5.74) is -5.61. The van der Waals surface area contributed by atoms with E-state index in [1.54, 1.807) is 11.8 Å². The van der Waals surface area contributed by atoms with E-state index in [1.165, 1.54) is 4.90 Å². The number of anilines is 1. The quantitative estimate of drug-likeness (QED) is 0.701. The fourth-order valence-electron chi connectivity index (χ4n) is 2.86. The van der Waals surface area contributed by atoms with Gasteiger partial charge in [0.25, 0.3) is 9.84 Å². The molecule has 1 aromatic rings. The molecule has 0 radical (unpaired) electrons. The van der Waals surface area contributed by atoms with Crippen molar-refractivity contribution in [3.8, 4) is 0 Å². The van der Waals surface area contributed by atoms with E-state index >= 15 is 0 Å². The molecule has 0 N–H and O–H groups in total. The second-order valence-corrected chi connectivity index (χ2v) is 9.40. The minimum atomic E-state index is -5.64. The van der Waals surface area contributed by atoms with Crippen LogP contribution in [0.5, 0.6) is 0 Å². The van der Waals surface area contributed by atoms with Crippen molar-refractivity contribution in [2.75, 3.05) is 37.6 Å². The lowest BCUT2D eigenvalue weighted by Gasteiger charge is -2.37. The second-order valence-electron chi connectivity index (χ2n) is 6.09. The maximum absolute atomic E-state index is 13.5. The second kappa shape index (κ2) is 6.91. The van der Waals surface area contributed by atoms with Gasteiger partial charge in [0.2, 0.25) is 0 Å². The first-order chi connectivity index (χ1) is 12.1. The summed E-state index contributed by atoms with van der Waals surface area (Å²) in [6.07, 6.45) is 0. The van der Waals surface area contributed by atoms with Crippen molar-refractivity contribution >= 4 is 32.5 Å². The van der Waals surface area contributed by atoms with E-state index in [-0.39, 0.29) is 5.69 Å². The van der Waals surface area contributed by atoms with Crippen LogP contribution in [0.4, 0.5) is 23.2 Å². The van der Waals surface area contributed by atoms with Gasteiger partial charge in [0, 0.05) is 31.4 Å². The third-order valence-electron chi connectivity index (χ3n) is 4.20. The smallest absolute Gasteiger partial charge is 0.367 e. The number of nitrogens with zero attached hydrogens (tertiary/aromatic N) is 3. The molecule has 0 amide bonds. The Balaban J connectivity index is 1.83. The molecule has 5 nitrogen and oxygen atoms in total. The van der Waals surface area contributed by atoms with Gasteiger partial charge in [-0.15, -0.1) is 0 Å². The van der Waals surface area contributed by atoms with Crippen LogP contribution in [-0.2, 0) is 9.84 Å². The summed E-state index contributed by atoms with van der Waals surface area (Å²) < 4.78 is 76.0. The Hall–Kier alpha value is -1.49. The molecular formula is C15H17F4N3O2S2. The van der Waals surface area contributed by atoms with Gasteiger partial charge in [0.1, 0.15) is 10.7 Å². The van der Waals surface area contributed by atoms with Crippen LogP contribution in [0.1, 0.15) is 6.92 Å². The van der Waals surface area contributed by atoms with Crippen molar-refractivity contribution < 1.29 is 26.0 Å². The highest BCUT2D eigenvalue weighted by molar-refractivity contribution is 8.14. The summed E-state index contributed by atoms with van der Waals surface area (Å²) in [5.74, 6) is -1.03. The zero-order chi connectivity index (χ0) is 19.1. The number of rotatable bonds is 2. The van der Waals surface area contributed by atoms with Gasteiger partial charge < -0.3 is 9.80 Å². The molecule has 2 aliphatic heterocycles. The SMILES string of the molecule is CC1CN=C(N2CCN(c3ccc(F)cc3S(=O)(=O)C(F)(F)F)CC2)S1. The average molecular weight is 411 g/mol. The van der Waals surface area contributed by atoms with E-state index in [9.17, 15) is 26.0 Å². The van der Waals surface area contributed by atoms with E-state index in [4.69, 9.17) is 0 Å². The van der Waals surface area contributed by atoms with Crippen LogP contribution < -0.4 is 4.90 Å². The fraction of sp³-hybridized carbons (Fsp3) is 0.533. The molecule has 144 valence electrons. The van der Waals surface area contributed by atoms with Crippen LogP contribution in [0.2, 0.25) is 0 Å². The largest absolute Gasteiger partial charge is 0.501 e. The van der Waals surface area contributed by atoms with Crippen LogP contribution in [0, 0.1) is 5.82 Å². The Morgan fingerprint density at radius 2 is 1.77 bits per heavy atom. The Morgan fingerprint density at radius 1 is 1.15 bits per heavy atom. The number of thioether (sulfide) groups is 1. The first kappa shape index (κ1) is 19.3. The number of hydrogen-bond acceptors (Lipinski definition) is 6. The van der Waals surface area contributed by atoms with E-state index in [1.807, 2.05) is 4.90 Å². The molecule has 3 rings (SSSR count). The molecule has 0 aromatic heterocycles. The molecule has 1 unspecified atom stereocenters. The predicted molar refractivity (Wildman–Crippen MR) is 92.8 cm³/mol. The molecule has 2 heterocycles. The minimum Gasteiger partial charge on any atom is -0.367 e. The van der Waals surface area contributed by atoms with Crippen LogP contribution in [0.3, 0.4) is 0 Å². The number of piperazine rings is 1. The first-order valence-corrected chi connectivity index (χ1v) is 10.3. The normalized spacial score (nSPS) is 21.9. The highest BCUT2D eigenvalue weighted by Gasteiger charge is 2.48. The number of hydrogen-bond donors (Lipinski definition) is 0. The summed E-state index contributed by atoms with van der Waals surface area (Å²) in [6, 6.07) is 2.49. The molecule has 0 aliphatic carbocycles. The third kappa shape index (κ3) is 3.64. The summed E-state index contributed by atoms with van der Waals surface area (Å²) in [7, 11) is -5.64. The van der Waals surface area contributed by atoms with Crippen LogP contribution in [0.15, 0.2) is 28.1 Å². The number of alkyl halides is 3. The lowest BCUT2D eigenvalue weighted by molar-refractivity contribution is -0.0435. The highest BCUT2D eigenvalue weighted by atomic mass is 32.2. The molecule has 1 fully saturated rings. The van der Waals surface area contributed by atoms with Crippen molar-refractivity contribution in [1.29, 1.82) is 0 Å². The zero-order valence-electron chi connectivity index (χ0n) is 13.8. The monoisotopic (exact) mass is 411 g/mol. The van der Waals surface area contributed by atoms with Crippen molar-refractivity contribution in [2.45, 2.75) is 22.6 Å². The number of aliphatic imine (C=N–C) groups is 1. The van der Waals surface area contributed by atoms with Crippen molar-refractivity contribution in [3.63, 3.8) is 0 Å². The van der Waals surface area contributed by atoms with Gasteiger partial charge >= 0.3 is 5.51 Å². The Labute approximate surface area is 153 Å². The van der Waals surface area contributed by atoms with Crippen LogP contribution in [0.25, 0.3) is 0 Å². The zero-order valence-corrected chi connectivity index (χ0v) is 15.5. The Kier molecular flexibility index (Phi) is 5.13. The van der Waals surface area contributed by atoms with Gasteiger partial charge in [-0.25, -0.2) is 12.8 Å². The maximum Gasteiger partial charge on any atom is 0.501 e. The number of benzene rings is 1. The minimum absolute atomic E-state index is 0.127. The predicted octanol–water partition coefficient (Wildman–Crippen LogP) is 2.73. The standard InChI is InChI=1S/C15H17F4N3O2S2/c1-10-9-20-14(25-10)22-6-4-21(5-7-22)12-3-2-11(16)8-13(12)26(23,24)15(17,18)19/h2-3,8,10H,4-7,9H2,1H3. The fourth-order valence-corrected chi connectivity index (χ4v) is 4.84. The molecule has 0 bridgehead atoms. The molecule has 0 saturated carbocycles. The molecular weight excluding hydrogens is 394 g/mol. The van der Waals surface area contributed by atoms with E-state index in [2.05, 4.69) is 11.9 Å². The summed E-state index contributed by atoms with van der Waals surface area (Å²) in [6.45, 7) is 4.43. The van der Waals surface area contributed by atoms with E-state index in [0.717, 1.165) is 23.8 Å². The van der Waals surface area contributed by atoms with Crippen molar-refractivity contribution in [1.82, 2.24) is 4.90 Å². The molecule has 1 atom stereocenters. The highest BCUT2D eigenvalue weighted by Crippen LogP contribution is 2.37. The number of halogens is 4. The average Bonchev–Trinajstić information content (AvgIpc) is 3.00. The Bertz CT molecular complexity index is 819. The number of sulfone groups is 1. The van der Waals surface area contributed by atoms with Gasteiger partial charge in [-0.2, -0.15) is 13.2 Å². The molecule has 2 aliphatic rings. The van der Waals surface area contributed by atoms with Gasteiger partial charge in [-0.05, 0) is 18.2 Å². The first-order valence-electron chi connectivity index (χ1n) is 7.91. The van der Waals surface area contributed by atoms with Gasteiger partial charge in [0.05, 0.1) is 12.2 Å². The molecule has 26 heavy (non-hydrogen) atoms. The maximum atomic E-state index is 13.5. The third-order valence-corrected chi connectivity index (χ3v) is 6.86. The summed E-state index contributed by atoms with van der Waals surface area (Å²) >= 11 is 1.64. The van der Waals surface area contributed by atoms with E-state index < -0.39 is 26.1 Å². The lowest BCUT2D eigenvalue weighted by atomic mass is 10.2. The molecule has 1 saturated heterocycles. The number of amidine groups is 1. The van der Waals surface area contributed by atoms with Gasteiger partial charge in [-0.1, -0.05) is 18.7 Å². The van der Waals surface area contributed by atoms with Gasteiger partial charge in [0.15, 0.2) is 5.17 Å².